The zero-order chi connectivity index (χ0) is 17.6. The molecule has 0 aliphatic carbocycles. The first-order chi connectivity index (χ1) is 12.1. The van der Waals surface area contributed by atoms with Crippen molar-refractivity contribution in [2.75, 3.05) is 0 Å². The van der Waals surface area contributed by atoms with E-state index in [0.29, 0.717) is 22.4 Å². The highest BCUT2D eigenvalue weighted by molar-refractivity contribution is 6.08. The molecule has 0 aliphatic rings. The van der Waals surface area contributed by atoms with E-state index in [9.17, 15) is 14.9 Å². The molecule has 3 aromatic carbocycles. The molecule has 5 heteroatoms. The van der Waals surface area contributed by atoms with Crippen LogP contribution in [0.2, 0.25) is 0 Å². The van der Waals surface area contributed by atoms with Crippen molar-refractivity contribution in [2.24, 2.45) is 0 Å². The quantitative estimate of drug-likeness (QED) is 0.381. The smallest absolute Gasteiger partial charge is 0.269 e. The van der Waals surface area contributed by atoms with Crippen LogP contribution in [0.25, 0.3) is 0 Å². The second-order valence-electron chi connectivity index (χ2n) is 5.44. The largest absolute Gasteiger partial charge is 0.489 e. The van der Waals surface area contributed by atoms with Gasteiger partial charge in [0.05, 0.1) is 4.92 Å². The standard InChI is InChI=1S/C20H15NO4/c22-20(16-6-2-1-3-7-16)17-9-11-19(12-10-17)25-14-15-5-4-8-18(13-15)21(23)24/h1-13H,14H2. The predicted octanol–water partition coefficient (Wildman–Crippen LogP) is 4.40. The van der Waals surface area contributed by atoms with Gasteiger partial charge in [-0.05, 0) is 29.8 Å². The summed E-state index contributed by atoms with van der Waals surface area (Å²) in [7, 11) is 0. The van der Waals surface area contributed by atoms with Crippen molar-refractivity contribution in [1.29, 1.82) is 0 Å². The zero-order valence-corrected chi connectivity index (χ0v) is 13.3. The summed E-state index contributed by atoms with van der Waals surface area (Å²) < 4.78 is 5.63. The second kappa shape index (κ2) is 7.40. The van der Waals surface area contributed by atoms with Gasteiger partial charge in [0, 0.05) is 23.3 Å². The molecule has 0 saturated carbocycles. The second-order valence-corrected chi connectivity index (χ2v) is 5.44. The van der Waals surface area contributed by atoms with E-state index in [2.05, 4.69) is 0 Å². The van der Waals surface area contributed by atoms with Gasteiger partial charge >= 0.3 is 0 Å². The third-order valence-corrected chi connectivity index (χ3v) is 3.68. The van der Waals surface area contributed by atoms with E-state index in [0.717, 1.165) is 0 Å². The zero-order valence-electron chi connectivity index (χ0n) is 13.3. The highest BCUT2D eigenvalue weighted by Gasteiger charge is 2.09. The molecule has 0 amide bonds. The van der Waals surface area contributed by atoms with Gasteiger partial charge in [-0.15, -0.1) is 0 Å². The lowest BCUT2D eigenvalue weighted by Crippen LogP contribution is -2.01. The predicted molar refractivity (Wildman–Crippen MR) is 93.7 cm³/mol. The fourth-order valence-electron chi connectivity index (χ4n) is 2.39. The molecule has 0 fully saturated rings. The summed E-state index contributed by atoms with van der Waals surface area (Å²) in [5.74, 6) is 0.543. The lowest BCUT2D eigenvalue weighted by atomic mass is 10.0. The Labute approximate surface area is 144 Å². The number of hydrogen-bond donors (Lipinski definition) is 0. The number of nitrogens with zero attached hydrogens (tertiary/aromatic N) is 1. The molecular weight excluding hydrogens is 318 g/mol. The minimum Gasteiger partial charge on any atom is -0.489 e. The summed E-state index contributed by atoms with van der Waals surface area (Å²) >= 11 is 0. The van der Waals surface area contributed by atoms with Gasteiger partial charge < -0.3 is 4.74 Å². The van der Waals surface area contributed by atoms with Gasteiger partial charge in [-0.2, -0.15) is 0 Å². The van der Waals surface area contributed by atoms with Crippen LogP contribution < -0.4 is 4.74 Å². The Morgan fingerprint density at radius 1 is 0.880 bits per heavy atom. The molecule has 5 nitrogen and oxygen atoms in total. The van der Waals surface area contributed by atoms with Crippen LogP contribution in [0.3, 0.4) is 0 Å². The number of carbonyl (C=O) groups excluding carboxylic acids is 1. The van der Waals surface area contributed by atoms with Crippen molar-refractivity contribution in [3.63, 3.8) is 0 Å². The van der Waals surface area contributed by atoms with Crippen molar-refractivity contribution in [1.82, 2.24) is 0 Å². The van der Waals surface area contributed by atoms with Crippen LogP contribution in [0, 0.1) is 10.1 Å². The summed E-state index contributed by atoms with van der Waals surface area (Å²) in [6, 6.07) is 22.2. The van der Waals surface area contributed by atoms with E-state index < -0.39 is 4.92 Å². The van der Waals surface area contributed by atoms with Crippen LogP contribution in [-0.4, -0.2) is 10.7 Å². The summed E-state index contributed by atoms with van der Waals surface area (Å²) in [6.45, 7) is 0.216. The maximum atomic E-state index is 12.3. The Morgan fingerprint density at radius 3 is 2.24 bits per heavy atom. The number of non-ortho nitro benzene ring substituents is 1. The van der Waals surface area contributed by atoms with Crippen LogP contribution >= 0.6 is 0 Å². The van der Waals surface area contributed by atoms with Crippen molar-refractivity contribution in [2.45, 2.75) is 6.61 Å². The monoisotopic (exact) mass is 333 g/mol. The molecule has 3 rings (SSSR count). The molecule has 0 bridgehead atoms. The Bertz CT molecular complexity index is 889. The Balaban J connectivity index is 1.66. The third-order valence-electron chi connectivity index (χ3n) is 3.68. The number of hydrogen-bond acceptors (Lipinski definition) is 4. The average Bonchev–Trinajstić information content (AvgIpc) is 2.67. The molecule has 0 N–H and O–H groups in total. The summed E-state index contributed by atoms with van der Waals surface area (Å²) in [5, 5.41) is 10.8. The Morgan fingerprint density at radius 2 is 1.56 bits per heavy atom. The normalized spacial score (nSPS) is 10.2. The van der Waals surface area contributed by atoms with Crippen molar-refractivity contribution in [3.8, 4) is 5.75 Å². The number of rotatable bonds is 6. The van der Waals surface area contributed by atoms with Crippen molar-refractivity contribution in [3.05, 3.63) is 106 Å². The molecular formula is C20H15NO4. The number of nitro groups is 1. The van der Waals surface area contributed by atoms with Crippen LogP contribution in [0.5, 0.6) is 5.75 Å². The number of benzene rings is 3. The Hall–Kier alpha value is -3.47. The SMILES string of the molecule is O=C(c1ccccc1)c1ccc(OCc2cccc([N+](=O)[O-])c2)cc1. The summed E-state index contributed by atoms with van der Waals surface area (Å²) in [5.41, 5.74) is 1.95. The van der Waals surface area contributed by atoms with Gasteiger partial charge in [0.2, 0.25) is 0 Å². The summed E-state index contributed by atoms with van der Waals surface area (Å²) in [4.78, 5) is 22.7. The molecule has 0 saturated heterocycles. The van der Waals surface area contributed by atoms with Crippen molar-refractivity contribution >= 4 is 11.5 Å². The van der Waals surface area contributed by atoms with Crippen molar-refractivity contribution < 1.29 is 14.5 Å². The van der Waals surface area contributed by atoms with Crippen LogP contribution in [0.4, 0.5) is 5.69 Å². The minimum absolute atomic E-state index is 0.0323. The first-order valence-electron chi connectivity index (χ1n) is 7.69. The van der Waals surface area contributed by atoms with Gasteiger partial charge in [-0.25, -0.2) is 0 Å². The topological polar surface area (TPSA) is 69.4 Å². The molecule has 0 aromatic heterocycles. The van der Waals surface area contributed by atoms with Gasteiger partial charge in [0.15, 0.2) is 5.78 Å². The molecule has 124 valence electrons. The van der Waals surface area contributed by atoms with E-state index in [-0.39, 0.29) is 18.1 Å². The fraction of sp³-hybridized carbons (Fsp3) is 0.0500. The lowest BCUT2D eigenvalue weighted by Gasteiger charge is -2.07. The first kappa shape index (κ1) is 16.4. The number of ketones is 1. The molecule has 0 aliphatic heterocycles. The molecule has 0 spiro atoms. The van der Waals surface area contributed by atoms with Crippen LogP contribution in [-0.2, 0) is 6.61 Å². The van der Waals surface area contributed by atoms with Gasteiger partial charge in [-0.3, -0.25) is 14.9 Å². The molecule has 0 atom stereocenters. The van der Waals surface area contributed by atoms with E-state index in [1.54, 1.807) is 48.5 Å². The first-order valence-corrected chi connectivity index (χ1v) is 7.69. The molecule has 0 heterocycles. The molecule has 3 aromatic rings. The van der Waals surface area contributed by atoms with Crippen LogP contribution in [0.15, 0.2) is 78.9 Å². The van der Waals surface area contributed by atoms with E-state index >= 15 is 0 Å². The van der Waals surface area contributed by atoms with Crippen LogP contribution in [0.1, 0.15) is 21.5 Å². The average molecular weight is 333 g/mol. The Kier molecular flexibility index (Phi) is 4.85. The maximum absolute atomic E-state index is 12.3. The maximum Gasteiger partial charge on any atom is 0.269 e. The molecule has 25 heavy (non-hydrogen) atoms. The van der Waals surface area contributed by atoms with Gasteiger partial charge in [0.25, 0.3) is 5.69 Å². The molecule has 0 radical (unpaired) electrons. The highest BCUT2D eigenvalue weighted by Crippen LogP contribution is 2.18. The lowest BCUT2D eigenvalue weighted by molar-refractivity contribution is -0.384. The third kappa shape index (κ3) is 4.09. The summed E-state index contributed by atoms with van der Waals surface area (Å²) in [6.07, 6.45) is 0. The van der Waals surface area contributed by atoms with E-state index in [1.807, 2.05) is 18.2 Å². The molecule has 0 unspecified atom stereocenters. The van der Waals surface area contributed by atoms with Gasteiger partial charge in [0.1, 0.15) is 12.4 Å². The minimum atomic E-state index is -0.437. The van der Waals surface area contributed by atoms with E-state index in [4.69, 9.17) is 4.74 Å². The number of carbonyl (C=O) groups is 1. The fourth-order valence-corrected chi connectivity index (χ4v) is 2.39. The highest BCUT2D eigenvalue weighted by atomic mass is 16.6. The van der Waals surface area contributed by atoms with Gasteiger partial charge in [-0.1, -0.05) is 42.5 Å². The number of ether oxygens (including phenoxy) is 1. The van der Waals surface area contributed by atoms with E-state index in [1.165, 1.54) is 12.1 Å². The number of nitro benzene ring substituents is 1.